The van der Waals surface area contributed by atoms with Gasteiger partial charge < -0.3 is 9.26 Å². The van der Waals surface area contributed by atoms with Crippen LogP contribution >= 0.6 is 0 Å². The summed E-state index contributed by atoms with van der Waals surface area (Å²) in [5, 5.41) is 11.4. The van der Waals surface area contributed by atoms with Crippen molar-refractivity contribution in [3.63, 3.8) is 0 Å². The van der Waals surface area contributed by atoms with Crippen LogP contribution in [0.5, 0.6) is 0 Å². The molecule has 0 spiro atoms. The van der Waals surface area contributed by atoms with Crippen molar-refractivity contribution in [1.29, 1.82) is 0 Å². The van der Waals surface area contributed by atoms with Gasteiger partial charge in [-0.15, -0.1) is 0 Å². The van der Waals surface area contributed by atoms with Crippen LogP contribution < -0.4 is 0 Å². The van der Waals surface area contributed by atoms with Gasteiger partial charge in [0.05, 0.1) is 5.56 Å². The van der Waals surface area contributed by atoms with Gasteiger partial charge in [-0.25, -0.2) is 8.78 Å². The van der Waals surface area contributed by atoms with E-state index in [0.717, 1.165) is 23.8 Å². The number of hydrogen-bond acceptors (Lipinski definition) is 6. The Hall–Kier alpha value is -2.48. The van der Waals surface area contributed by atoms with Crippen LogP contribution in [0, 0.1) is 11.6 Å². The van der Waals surface area contributed by atoms with Crippen LogP contribution in [0.2, 0.25) is 0 Å². The van der Waals surface area contributed by atoms with Crippen molar-refractivity contribution in [1.82, 2.24) is 10.1 Å². The van der Waals surface area contributed by atoms with Crippen LogP contribution in [0.1, 0.15) is 19.2 Å². The summed E-state index contributed by atoms with van der Waals surface area (Å²) in [7, 11) is 3.10. The molecule has 0 bridgehead atoms. The second-order valence-electron chi connectivity index (χ2n) is 4.72. The first-order valence-electron chi connectivity index (χ1n) is 6.84. The lowest BCUT2D eigenvalue weighted by atomic mass is 10.1. The molecule has 0 amide bonds. The standard InChI is InChI=1S/C15H16F2N4O2/c1-9(6-7-22-3)13(20-18-2)15-19-14(21-23-15)11-8-10(16)4-5-12(11)17/h4-5,8H,6-7H2,1-3H3/b13-9+,20-18-. The van der Waals surface area contributed by atoms with E-state index in [1.807, 2.05) is 6.92 Å². The normalized spacial score (nSPS) is 12.7. The zero-order valence-corrected chi connectivity index (χ0v) is 13.0. The maximum Gasteiger partial charge on any atom is 0.278 e. The molecule has 2 rings (SSSR count). The molecule has 23 heavy (non-hydrogen) atoms. The smallest absolute Gasteiger partial charge is 0.278 e. The molecule has 8 heteroatoms. The van der Waals surface area contributed by atoms with E-state index < -0.39 is 11.6 Å². The summed E-state index contributed by atoms with van der Waals surface area (Å²) in [5.41, 5.74) is 1.13. The Balaban J connectivity index is 2.41. The molecule has 0 radical (unpaired) electrons. The van der Waals surface area contributed by atoms with Crippen molar-refractivity contribution in [3.8, 4) is 11.4 Å². The van der Waals surface area contributed by atoms with E-state index in [1.54, 1.807) is 7.11 Å². The van der Waals surface area contributed by atoms with Gasteiger partial charge in [0.15, 0.2) is 0 Å². The minimum atomic E-state index is -0.641. The van der Waals surface area contributed by atoms with Gasteiger partial charge in [0.1, 0.15) is 17.3 Å². The van der Waals surface area contributed by atoms with Crippen LogP contribution in [-0.4, -0.2) is 30.9 Å². The van der Waals surface area contributed by atoms with Crippen LogP contribution in [-0.2, 0) is 4.74 Å². The molecule has 1 aromatic heterocycles. The van der Waals surface area contributed by atoms with E-state index in [9.17, 15) is 8.78 Å². The fraction of sp³-hybridized carbons (Fsp3) is 0.333. The van der Waals surface area contributed by atoms with E-state index in [-0.39, 0.29) is 17.3 Å². The number of benzene rings is 1. The van der Waals surface area contributed by atoms with Gasteiger partial charge in [-0.05, 0) is 37.1 Å². The zero-order chi connectivity index (χ0) is 16.8. The molecule has 0 saturated heterocycles. The number of aromatic nitrogens is 2. The Morgan fingerprint density at radius 2 is 2.13 bits per heavy atom. The molecule has 0 aliphatic carbocycles. The number of hydrogen-bond donors (Lipinski definition) is 0. The largest absolute Gasteiger partial charge is 0.384 e. The molecule has 0 N–H and O–H groups in total. The minimum Gasteiger partial charge on any atom is -0.384 e. The molecule has 0 unspecified atom stereocenters. The van der Waals surface area contributed by atoms with Gasteiger partial charge in [-0.3, -0.25) is 0 Å². The van der Waals surface area contributed by atoms with Gasteiger partial charge in [-0.2, -0.15) is 15.2 Å². The average Bonchev–Trinajstić information content (AvgIpc) is 3.02. The second kappa shape index (κ2) is 7.68. The van der Waals surface area contributed by atoms with Crippen molar-refractivity contribution in [2.45, 2.75) is 13.3 Å². The lowest BCUT2D eigenvalue weighted by Crippen LogP contribution is -1.94. The van der Waals surface area contributed by atoms with E-state index >= 15 is 0 Å². The van der Waals surface area contributed by atoms with Crippen molar-refractivity contribution in [3.05, 3.63) is 41.3 Å². The summed E-state index contributed by atoms with van der Waals surface area (Å²) < 4.78 is 37.2. The summed E-state index contributed by atoms with van der Waals surface area (Å²) in [6.45, 7) is 2.32. The molecule has 2 aromatic rings. The summed E-state index contributed by atoms with van der Waals surface area (Å²) in [6, 6.07) is 3.03. The van der Waals surface area contributed by atoms with Crippen molar-refractivity contribution in [2.24, 2.45) is 10.2 Å². The molecular weight excluding hydrogens is 306 g/mol. The molecule has 0 aliphatic heterocycles. The molecule has 6 nitrogen and oxygen atoms in total. The third-order valence-corrected chi connectivity index (χ3v) is 3.08. The fourth-order valence-corrected chi connectivity index (χ4v) is 1.88. The van der Waals surface area contributed by atoms with Gasteiger partial charge in [-0.1, -0.05) is 5.16 Å². The quantitative estimate of drug-likeness (QED) is 0.757. The zero-order valence-electron chi connectivity index (χ0n) is 13.0. The summed E-state index contributed by atoms with van der Waals surface area (Å²) in [4.78, 5) is 4.09. The number of halogens is 2. The summed E-state index contributed by atoms with van der Waals surface area (Å²) >= 11 is 0. The first kappa shape index (κ1) is 16.9. The van der Waals surface area contributed by atoms with Crippen LogP contribution in [0.15, 0.2) is 38.5 Å². The molecule has 0 fully saturated rings. The second-order valence-corrected chi connectivity index (χ2v) is 4.72. The minimum absolute atomic E-state index is 0.0552. The molecule has 1 heterocycles. The lowest BCUT2D eigenvalue weighted by Gasteiger charge is -2.02. The highest BCUT2D eigenvalue weighted by Crippen LogP contribution is 2.26. The lowest BCUT2D eigenvalue weighted by molar-refractivity contribution is 0.202. The van der Waals surface area contributed by atoms with Crippen molar-refractivity contribution >= 4 is 5.70 Å². The van der Waals surface area contributed by atoms with Gasteiger partial charge in [0, 0.05) is 20.8 Å². The highest BCUT2D eigenvalue weighted by molar-refractivity contribution is 5.63. The van der Waals surface area contributed by atoms with E-state index in [2.05, 4.69) is 20.4 Å². The van der Waals surface area contributed by atoms with Crippen LogP contribution in [0.4, 0.5) is 8.78 Å². The summed E-state index contributed by atoms with van der Waals surface area (Å²) in [6.07, 6.45) is 0.594. The van der Waals surface area contributed by atoms with Gasteiger partial charge >= 0.3 is 0 Å². The Bertz CT molecular complexity index is 741. The topological polar surface area (TPSA) is 72.9 Å². The van der Waals surface area contributed by atoms with Crippen molar-refractivity contribution < 1.29 is 18.0 Å². The maximum atomic E-state index is 13.8. The van der Waals surface area contributed by atoms with Crippen LogP contribution in [0.3, 0.4) is 0 Å². The first-order valence-corrected chi connectivity index (χ1v) is 6.84. The van der Waals surface area contributed by atoms with E-state index in [4.69, 9.17) is 9.26 Å². The van der Waals surface area contributed by atoms with Gasteiger partial charge in [0.2, 0.25) is 5.82 Å². The number of azo groups is 1. The number of rotatable bonds is 6. The van der Waals surface area contributed by atoms with Gasteiger partial charge in [0.25, 0.3) is 5.89 Å². The third-order valence-electron chi connectivity index (χ3n) is 3.08. The van der Waals surface area contributed by atoms with Crippen LogP contribution in [0.25, 0.3) is 17.1 Å². The van der Waals surface area contributed by atoms with E-state index in [0.29, 0.717) is 18.7 Å². The first-order chi connectivity index (χ1) is 11.1. The predicted octanol–water partition coefficient (Wildman–Crippen LogP) is 3.86. The highest BCUT2D eigenvalue weighted by Gasteiger charge is 2.18. The highest BCUT2D eigenvalue weighted by atomic mass is 19.1. The molecular formula is C15H16F2N4O2. The Morgan fingerprint density at radius 3 is 2.83 bits per heavy atom. The fourth-order valence-electron chi connectivity index (χ4n) is 1.88. The number of ether oxygens (including phenoxy) is 1. The van der Waals surface area contributed by atoms with Crippen molar-refractivity contribution in [2.75, 3.05) is 20.8 Å². The van der Waals surface area contributed by atoms with E-state index in [1.165, 1.54) is 7.05 Å². The average molecular weight is 322 g/mol. The molecule has 0 saturated carbocycles. The molecule has 122 valence electrons. The predicted molar refractivity (Wildman–Crippen MR) is 79.5 cm³/mol. The Morgan fingerprint density at radius 1 is 1.35 bits per heavy atom. The molecule has 0 atom stereocenters. The molecule has 0 aliphatic rings. The Kier molecular flexibility index (Phi) is 5.64. The third kappa shape index (κ3) is 4.04. The number of methoxy groups -OCH3 is 1. The Labute approximate surface area is 131 Å². The summed E-state index contributed by atoms with van der Waals surface area (Å²) in [5.74, 6) is -1.20. The maximum absolute atomic E-state index is 13.8. The molecule has 1 aromatic carbocycles. The number of nitrogens with zero attached hydrogens (tertiary/aromatic N) is 4. The SMILES string of the molecule is C/N=N\C(=C(/C)CCOC)c1nc(-c2cc(F)ccc2F)no1. The monoisotopic (exact) mass is 322 g/mol.